The molecule has 0 radical (unpaired) electrons. The van der Waals surface area contributed by atoms with E-state index in [0.29, 0.717) is 11.2 Å². The van der Waals surface area contributed by atoms with Crippen molar-refractivity contribution in [3.05, 3.63) is 41.3 Å². The van der Waals surface area contributed by atoms with Crippen LogP contribution in [-0.4, -0.2) is 46.4 Å². The number of nitrogens with one attached hydrogen (secondary N) is 1. The summed E-state index contributed by atoms with van der Waals surface area (Å²) in [6.45, 7) is 2.91. The van der Waals surface area contributed by atoms with Gasteiger partial charge in [0.15, 0.2) is 0 Å². The third-order valence-corrected chi connectivity index (χ3v) is 7.48. The monoisotopic (exact) mass is 375 g/mol. The predicted octanol–water partition coefficient (Wildman–Crippen LogP) is 2.95. The summed E-state index contributed by atoms with van der Waals surface area (Å²) >= 11 is 1.92. The first kappa shape index (κ1) is 18.4. The molecule has 26 heavy (non-hydrogen) atoms. The van der Waals surface area contributed by atoms with Gasteiger partial charge in [0.2, 0.25) is 0 Å². The molecular formula is C21H29NO3S. The molecule has 0 aromatic heterocycles. The fraction of sp³-hybridized carbons (Fsp3) is 0.619. The highest BCUT2D eigenvalue weighted by Crippen LogP contribution is 2.46. The standard InChI is InChI=1S/C21H29NO3S/c1-13-11-16-19(26-13)10-7-14(20(16)23)12-22-17-8-9-18(21(17)24)25-15-5-3-2-4-6-15/h2-6,11,14,16-24H,7-10,12H2,1H3. The van der Waals surface area contributed by atoms with Crippen molar-refractivity contribution in [3.63, 3.8) is 0 Å². The summed E-state index contributed by atoms with van der Waals surface area (Å²) in [5.41, 5.74) is 0. The summed E-state index contributed by atoms with van der Waals surface area (Å²) in [6.07, 6.45) is 5.28. The van der Waals surface area contributed by atoms with Crippen LogP contribution >= 0.6 is 11.8 Å². The fourth-order valence-corrected chi connectivity index (χ4v) is 6.03. The maximum atomic E-state index is 10.8. The topological polar surface area (TPSA) is 61.7 Å². The molecule has 5 heteroatoms. The van der Waals surface area contributed by atoms with Crippen molar-refractivity contribution in [1.29, 1.82) is 0 Å². The molecule has 7 unspecified atom stereocenters. The van der Waals surface area contributed by atoms with Crippen LogP contribution in [0.25, 0.3) is 0 Å². The number of ether oxygens (including phenoxy) is 1. The third kappa shape index (κ3) is 3.81. The summed E-state index contributed by atoms with van der Waals surface area (Å²) in [5, 5.41) is 25.5. The van der Waals surface area contributed by atoms with Gasteiger partial charge in [-0.25, -0.2) is 0 Å². The van der Waals surface area contributed by atoms with E-state index in [2.05, 4.69) is 18.3 Å². The molecule has 1 aromatic rings. The average Bonchev–Trinajstić information content (AvgIpc) is 3.19. The lowest BCUT2D eigenvalue weighted by atomic mass is 9.78. The van der Waals surface area contributed by atoms with E-state index in [9.17, 15) is 10.2 Å². The van der Waals surface area contributed by atoms with E-state index < -0.39 is 6.10 Å². The minimum absolute atomic E-state index is 0.0452. The van der Waals surface area contributed by atoms with Gasteiger partial charge in [-0.3, -0.25) is 0 Å². The van der Waals surface area contributed by atoms with Gasteiger partial charge in [-0.05, 0) is 55.6 Å². The molecule has 1 aliphatic heterocycles. The Morgan fingerprint density at radius 2 is 1.88 bits per heavy atom. The third-order valence-electron chi connectivity index (χ3n) is 6.12. The van der Waals surface area contributed by atoms with Gasteiger partial charge in [0.1, 0.15) is 18.0 Å². The highest BCUT2D eigenvalue weighted by molar-refractivity contribution is 8.03. The lowest BCUT2D eigenvalue weighted by Gasteiger charge is -2.37. The van der Waals surface area contributed by atoms with E-state index in [1.54, 1.807) is 0 Å². The lowest BCUT2D eigenvalue weighted by molar-refractivity contribution is 0.0266. The van der Waals surface area contributed by atoms with Crippen LogP contribution in [0.2, 0.25) is 0 Å². The minimum atomic E-state index is -0.507. The second-order valence-corrected chi connectivity index (χ2v) is 9.38. The number of para-hydroxylation sites is 1. The van der Waals surface area contributed by atoms with E-state index >= 15 is 0 Å². The van der Waals surface area contributed by atoms with Gasteiger partial charge in [0.25, 0.3) is 0 Å². The lowest BCUT2D eigenvalue weighted by Crippen LogP contribution is -2.47. The number of fused-ring (bicyclic) bond motifs is 1. The summed E-state index contributed by atoms with van der Waals surface area (Å²) in [7, 11) is 0. The first-order chi connectivity index (χ1) is 12.6. The quantitative estimate of drug-likeness (QED) is 0.739. The molecule has 3 N–H and O–H groups in total. The van der Waals surface area contributed by atoms with Crippen LogP contribution in [0.15, 0.2) is 41.3 Å². The molecule has 142 valence electrons. The SMILES string of the molecule is CC1=CC2C(CCC(CNC3CCC(Oc4ccccc4)C3O)C2O)S1. The first-order valence-corrected chi connectivity index (χ1v) is 10.7. The van der Waals surface area contributed by atoms with E-state index in [4.69, 9.17) is 4.74 Å². The molecule has 1 aromatic carbocycles. The zero-order valence-electron chi connectivity index (χ0n) is 15.3. The molecule has 7 atom stereocenters. The molecule has 2 saturated carbocycles. The predicted molar refractivity (Wildman–Crippen MR) is 105 cm³/mol. The summed E-state index contributed by atoms with van der Waals surface area (Å²) < 4.78 is 5.95. The molecule has 0 saturated heterocycles. The van der Waals surface area contributed by atoms with Gasteiger partial charge in [-0.15, -0.1) is 11.8 Å². The molecule has 4 nitrogen and oxygen atoms in total. The second kappa shape index (κ2) is 7.93. The Kier molecular flexibility index (Phi) is 5.60. The maximum absolute atomic E-state index is 10.8. The molecule has 0 bridgehead atoms. The molecular weight excluding hydrogens is 346 g/mol. The average molecular weight is 376 g/mol. The summed E-state index contributed by atoms with van der Waals surface area (Å²) in [6, 6.07) is 9.75. The number of aliphatic hydroxyl groups is 2. The number of rotatable bonds is 5. The van der Waals surface area contributed by atoms with E-state index in [-0.39, 0.29) is 24.2 Å². The number of allylic oxidation sites excluding steroid dienone is 1. The van der Waals surface area contributed by atoms with Crippen molar-refractivity contribution in [3.8, 4) is 5.75 Å². The van der Waals surface area contributed by atoms with Crippen LogP contribution in [0.3, 0.4) is 0 Å². The largest absolute Gasteiger partial charge is 0.488 e. The Balaban J connectivity index is 1.28. The van der Waals surface area contributed by atoms with Crippen molar-refractivity contribution in [2.24, 2.45) is 11.8 Å². The Labute approximate surface area is 160 Å². The van der Waals surface area contributed by atoms with Crippen molar-refractivity contribution in [2.45, 2.75) is 62.2 Å². The van der Waals surface area contributed by atoms with Gasteiger partial charge in [-0.1, -0.05) is 24.3 Å². The fourth-order valence-electron chi connectivity index (χ4n) is 4.66. The van der Waals surface area contributed by atoms with Gasteiger partial charge in [0, 0.05) is 23.8 Å². The van der Waals surface area contributed by atoms with Gasteiger partial charge in [0.05, 0.1) is 6.10 Å². The zero-order chi connectivity index (χ0) is 18.1. The Morgan fingerprint density at radius 1 is 1.08 bits per heavy atom. The molecule has 2 aliphatic carbocycles. The number of hydrogen-bond acceptors (Lipinski definition) is 5. The van der Waals surface area contributed by atoms with Crippen LogP contribution in [0.4, 0.5) is 0 Å². The second-order valence-electron chi connectivity index (χ2n) is 7.89. The molecule has 0 spiro atoms. The van der Waals surface area contributed by atoms with Crippen molar-refractivity contribution in [2.75, 3.05) is 6.54 Å². The number of hydrogen-bond donors (Lipinski definition) is 3. The maximum Gasteiger partial charge on any atom is 0.126 e. The van der Waals surface area contributed by atoms with Gasteiger partial charge < -0.3 is 20.3 Å². The van der Waals surface area contributed by atoms with Gasteiger partial charge in [-0.2, -0.15) is 0 Å². The van der Waals surface area contributed by atoms with E-state index in [1.807, 2.05) is 42.1 Å². The van der Waals surface area contributed by atoms with Crippen LogP contribution in [0.5, 0.6) is 5.75 Å². The van der Waals surface area contributed by atoms with Crippen LogP contribution in [0, 0.1) is 11.8 Å². The molecule has 3 aliphatic rings. The van der Waals surface area contributed by atoms with Crippen molar-refractivity contribution >= 4 is 11.8 Å². The first-order valence-electron chi connectivity index (χ1n) is 9.78. The van der Waals surface area contributed by atoms with E-state index in [1.165, 1.54) is 11.3 Å². The van der Waals surface area contributed by atoms with Crippen molar-refractivity contribution in [1.82, 2.24) is 5.32 Å². The normalized spacial score (nSPS) is 39.5. The molecule has 1 heterocycles. The highest BCUT2D eigenvalue weighted by atomic mass is 32.2. The van der Waals surface area contributed by atoms with Crippen molar-refractivity contribution < 1.29 is 14.9 Å². The number of thioether (sulfide) groups is 1. The smallest absolute Gasteiger partial charge is 0.126 e. The molecule has 4 rings (SSSR count). The number of benzene rings is 1. The van der Waals surface area contributed by atoms with Crippen LogP contribution < -0.4 is 10.1 Å². The van der Waals surface area contributed by atoms with Crippen LogP contribution in [0.1, 0.15) is 32.6 Å². The molecule has 2 fully saturated rings. The Morgan fingerprint density at radius 3 is 2.69 bits per heavy atom. The number of aliphatic hydroxyl groups excluding tert-OH is 2. The summed E-state index contributed by atoms with van der Waals surface area (Å²) in [4.78, 5) is 1.35. The molecule has 0 amide bonds. The highest BCUT2D eigenvalue weighted by Gasteiger charge is 2.42. The minimum Gasteiger partial charge on any atom is -0.488 e. The van der Waals surface area contributed by atoms with E-state index in [0.717, 1.165) is 31.6 Å². The summed E-state index contributed by atoms with van der Waals surface area (Å²) in [5.74, 6) is 1.37. The zero-order valence-corrected chi connectivity index (χ0v) is 16.1. The Hall–Kier alpha value is -1.01. The Bertz CT molecular complexity index is 637. The van der Waals surface area contributed by atoms with Crippen LogP contribution in [-0.2, 0) is 0 Å². The van der Waals surface area contributed by atoms with Gasteiger partial charge >= 0.3 is 0 Å².